The van der Waals surface area contributed by atoms with Crippen LogP contribution in [0.25, 0.3) is 0 Å². The van der Waals surface area contributed by atoms with Gasteiger partial charge in [-0.05, 0) is 6.42 Å². The van der Waals surface area contributed by atoms with E-state index in [-0.39, 0.29) is 5.37 Å². The van der Waals surface area contributed by atoms with Crippen LogP contribution in [0.1, 0.15) is 33.6 Å². The Balaban J connectivity index is 2.78. The van der Waals surface area contributed by atoms with Gasteiger partial charge < -0.3 is 5.32 Å². The van der Waals surface area contributed by atoms with Gasteiger partial charge in [0.05, 0.1) is 0 Å². The Labute approximate surface area is 122 Å². The molecule has 6 heteroatoms. The average molecular weight is 309 g/mol. The van der Waals surface area contributed by atoms with E-state index >= 15 is 0 Å². The van der Waals surface area contributed by atoms with Crippen molar-refractivity contribution in [2.24, 2.45) is 0 Å². The van der Waals surface area contributed by atoms with Gasteiger partial charge in [-0.15, -0.1) is 0 Å². The van der Waals surface area contributed by atoms with Gasteiger partial charge in [0.15, 0.2) is 9.84 Å². The van der Waals surface area contributed by atoms with Crippen LogP contribution in [-0.4, -0.2) is 61.6 Å². The lowest BCUT2D eigenvalue weighted by molar-refractivity contribution is 0.175. The van der Waals surface area contributed by atoms with E-state index in [0.29, 0.717) is 17.8 Å². The van der Waals surface area contributed by atoms with Crippen molar-refractivity contribution in [2.45, 2.75) is 51.1 Å². The first-order valence-electron chi connectivity index (χ1n) is 7.12. The molecule has 2 unspecified atom stereocenters. The Morgan fingerprint density at radius 1 is 1.42 bits per heavy atom. The van der Waals surface area contributed by atoms with E-state index in [1.807, 2.05) is 0 Å². The second-order valence-corrected chi connectivity index (χ2v) is 8.96. The van der Waals surface area contributed by atoms with Crippen LogP contribution in [0.4, 0.5) is 0 Å². The van der Waals surface area contributed by atoms with Crippen molar-refractivity contribution in [3.05, 3.63) is 0 Å². The summed E-state index contributed by atoms with van der Waals surface area (Å²) >= 11 is 1.75. The van der Waals surface area contributed by atoms with Crippen LogP contribution >= 0.6 is 11.8 Å². The fraction of sp³-hybridized carbons (Fsp3) is 1.00. The molecule has 19 heavy (non-hydrogen) atoms. The minimum Gasteiger partial charge on any atom is -0.313 e. The first kappa shape index (κ1) is 17.3. The molecule has 4 nitrogen and oxygen atoms in total. The molecule has 0 aromatic carbocycles. The van der Waals surface area contributed by atoms with Crippen LogP contribution in [0.5, 0.6) is 0 Å². The van der Waals surface area contributed by atoms with Crippen molar-refractivity contribution >= 4 is 21.6 Å². The summed E-state index contributed by atoms with van der Waals surface area (Å²) in [5.41, 5.74) is 0. The van der Waals surface area contributed by atoms with Gasteiger partial charge in [-0.2, -0.15) is 11.8 Å². The fourth-order valence-electron chi connectivity index (χ4n) is 2.47. The predicted octanol–water partition coefficient (Wildman–Crippen LogP) is 1.57. The molecule has 0 saturated carbocycles. The van der Waals surface area contributed by atoms with Gasteiger partial charge in [0.1, 0.15) is 5.37 Å². The first-order chi connectivity index (χ1) is 8.86. The minimum absolute atomic E-state index is 0.309. The summed E-state index contributed by atoms with van der Waals surface area (Å²) in [6.07, 6.45) is 3.51. The van der Waals surface area contributed by atoms with Crippen molar-refractivity contribution in [2.75, 3.05) is 30.9 Å². The highest BCUT2D eigenvalue weighted by molar-refractivity contribution is 8.00. The Morgan fingerprint density at radius 3 is 2.63 bits per heavy atom. The molecule has 0 aliphatic carbocycles. The van der Waals surface area contributed by atoms with E-state index in [0.717, 1.165) is 31.7 Å². The number of nitrogens with zero attached hydrogens (tertiary/aromatic N) is 1. The number of nitrogens with one attached hydrogen (secondary N) is 1. The van der Waals surface area contributed by atoms with Crippen molar-refractivity contribution in [1.82, 2.24) is 10.2 Å². The van der Waals surface area contributed by atoms with Crippen molar-refractivity contribution in [3.63, 3.8) is 0 Å². The number of sulfone groups is 1. The third-order valence-electron chi connectivity index (χ3n) is 3.47. The summed E-state index contributed by atoms with van der Waals surface area (Å²) in [5.74, 6) is 1.74. The molecule has 1 aliphatic heterocycles. The molecule has 1 saturated heterocycles. The molecular weight excluding hydrogens is 280 g/mol. The van der Waals surface area contributed by atoms with Gasteiger partial charge in [0, 0.05) is 42.9 Å². The molecule has 2 atom stereocenters. The lowest BCUT2D eigenvalue weighted by Crippen LogP contribution is -2.55. The Kier molecular flexibility index (Phi) is 7.14. The summed E-state index contributed by atoms with van der Waals surface area (Å²) in [6, 6.07) is 0.767. The van der Waals surface area contributed by atoms with Crippen LogP contribution in [0.3, 0.4) is 0 Å². The zero-order valence-corrected chi connectivity index (χ0v) is 14.2. The number of hydrogen-bond donors (Lipinski definition) is 1. The van der Waals surface area contributed by atoms with E-state index in [9.17, 15) is 8.42 Å². The zero-order valence-electron chi connectivity index (χ0n) is 12.6. The average Bonchev–Trinajstić information content (AvgIpc) is 2.33. The Bertz CT molecular complexity index is 358. The third kappa shape index (κ3) is 5.61. The maximum absolute atomic E-state index is 12.0. The molecule has 0 aromatic rings. The van der Waals surface area contributed by atoms with Crippen LogP contribution in [-0.2, 0) is 9.84 Å². The molecule has 1 heterocycles. The zero-order chi connectivity index (χ0) is 14.5. The number of hydrogen-bond acceptors (Lipinski definition) is 5. The molecule has 1 rings (SSSR count). The molecule has 114 valence electrons. The lowest BCUT2D eigenvalue weighted by Gasteiger charge is -2.40. The molecule has 0 amide bonds. The van der Waals surface area contributed by atoms with E-state index in [1.54, 1.807) is 11.8 Å². The summed E-state index contributed by atoms with van der Waals surface area (Å²) in [5, 5.41) is 3.15. The number of rotatable bonds is 7. The smallest absolute Gasteiger partial charge is 0.164 e. The second-order valence-electron chi connectivity index (χ2n) is 5.60. The van der Waals surface area contributed by atoms with Gasteiger partial charge in [0.25, 0.3) is 0 Å². The first-order valence-corrected chi connectivity index (χ1v) is 10.2. The standard InChI is InChI=1S/C13H28N2O2S2/c1-5-6-12(9-14-11(2)3)15-7-8-18-10-13(15)19(4,16)17/h11-14H,5-10H2,1-4H3. The fourth-order valence-corrected chi connectivity index (χ4v) is 5.42. The summed E-state index contributed by atoms with van der Waals surface area (Å²) in [6.45, 7) is 8.18. The lowest BCUT2D eigenvalue weighted by atomic mass is 10.1. The van der Waals surface area contributed by atoms with Gasteiger partial charge in [-0.25, -0.2) is 8.42 Å². The van der Waals surface area contributed by atoms with Crippen LogP contribution < -0.4 is 5.32 Å². The molecule has 0 spiro atoms. The van der Waals surface area contributed by atoms with Crippen LogP contribution in [0.2, 0.25) is 0 Å². The summed E-state index contributed by atoms with van der Waals surface area (Å²) in [4.78, 5) is 2.21. The minimum atomic E-state index is -3.00. The van der Waals surface area contributed by atoms with Gasteiger partial charge >= 0.3 is 0 Å². The highest BCUT2D eigenvalue weighted by Crippen LogP contribution is 2.24. The maximum Gasteiger partial charge on any atom is 0.164 e. The van der Waals surface area contributed by atoms with Gasteiger partial charge in [-0.1, -0.05) is 27.2 Å². The SMILES string of the molecule is CCCC(CNC(C)C)N1CCSCC1S(C)(=O)=O. The highest BCUT2D eigenvalue weighted by atomic mass is 32.2. The normalized spacial score (nSPS) is 23.7. The summed E-state index contributed by atoms with van der Waals surface area (Å²) in [7, 11) is -3.00. The molecule has 1 N–H and O–H groups in total. The molecule has 1 fully saturated rings. The van der Waals surface area contributed by atoms with Crippen LogP contribution in [0.15, 0.2) is 0 Å². The van der Waals surface area contributed by atoms with E-state index < -0.39 is 9.84 Å². The largest absolute Gasteiger partial charge is 0.313 e. The Morgan fingerprint density at radius 2 is 2.11 bits per heavy atom. The third-order valence-corrected chi connectivity index (χ3v) is 6.13. The highest BCUT2D eigenvalue weighted by Gasteiger charge is 2.34. The van der Waals surface area contributed by atoms with Crippen molar-refractivity contribution in [1.29, 1.82) is 0 Å². The molecule has 0 bridgehead atoms. The molecule has 0 radical (unpaired) electrons. The maximum atomic E-state index is 12.0. The van der Waals surface area contributed by atoms with Gasteiger partial charge in [-0.3, -0.25) is 4.90 Å². The van der Waals surface area contributed by atoms with Crippen molar-refractivity contribution < 1.29 is 8.42 Å². The number of thioether (sulfide) groups is 1. The van der Waals surface area contributed by atoms with Crippen molar-refractivity contribution in [3.8, 4) is 0 Å². The van der Waals surface area contributed by atoms with E-state index in [4.69, 9.17) is 0 Å². The Hall–Kier alpha value is 0.220. The van der Waals surface area contributed by atoms with E-state index in [2.05, 4.69) is 31.0 Å². The molecule has 0 aromatic heterocycles. The monoisotopic (exact) mass is 308 g/mol. The van der Waals surface area contributed by atoms with Gasteiger partial charge in [0.2, 0.25) is 0 Å². The quantitative estimate of drug-likeness (QED) is 0.774. The van der Waals surface area contributed by atoms with E-state index in [1.165, 1.54) is 6.26 Å². The molecular formula is C13H28N2O2S2. The topological polar surface area (TPSA) is 49.4 Å². The summed E-state index contributed by atoms with van der Waals surface area (Å²) < 4.78 is 23.9. The second kappa shape index (κ2) is 7.86. The molecule has 1 aliphatic rings. The predicted molar refractivity (Wildman–Crippen MR) is 84.5 cm³/mol. The van der Waals surface area contributed by atoms with Crippen LogP contribution in [0, 0.1) is 0 Å².